The predicted octanol–water partition coefficient (Wildman–Crippen LogP) is 1.45. The quantitative estimate of drug-likeness (QED) is 0.815. The first-order chi connectivity index (χ1) is 11.8. The van der Waals surface area contributed by atoms with Crippen LogP contribution in [0.15, 0.2) is 12.1 Å². The maximum Gasteiger partial charge on any atom is 0.278 e. The molecule has 0 saturated carbocycles. The smallest absolute Gasteiger partial charge is 0.278 e. The molecular weight excluding hydrogens is 316 g/mol. The van der Waals surface area contributed by atoms with Gasteiger partial charge in [0.1, 0.15) is 35.7 Å². The highest BCUT2D eigenvalue weighted by molar-refractivity contribution is 5.87. The number of hydrogen-bond donors (Lipinski definition) is 0. The Kier molecular flexibility index (Phi) is 5.50. The van der Waals surface area contributed by atoms with Crippen molar-refractivity contribution in [2.45, 2.75) is 0 Å². The van der Waals surface area contributed by atoms with Crippen LogP contribution in [0.1, 0.15) is 0 Å². The molecule has 1 aromatic carbocycles. The molecule has 24 heavy (non-hydrogen) atoms. The van der Waals surface area contributed by atoms with Crippen molar-refractivity contribution < 1.29 is 28.4 Å². The highest BCUT2D eigenvalue weighted by Crippen LogP contribution is 2.35. The Hall–Kier alpha value is -2.32. The van der Waals surface area contributed by atoms with Gasteiger partial charge in [-0.3, -0.25) is 0 Å². The normalized spacial score (nSPS) is 16.1. The van der Waals surface area contributed by atoms with Gasteiger partial charge in [-0.25, -0.2) is 9.97 Å². The molecule has 3 rings (SSSR count). The van der Waals surface area contributed by atoms with E-state index >= 15 is 0 Å². The molecule has 8 heteroatoms. The van der Waals surface area contributed by atoms with Gasteiger partial charge in [-0.05, 0) is 12.1 Å². The summed E-state index contributed by atoms with van der Waals surface area (Å²) in [5, 5.41) is 0. The summed E-state index contributed by atoms with van der Waals surface area (Å²) < 4.78 is 32.9. The van der Waals surface area contributed by atoms with Crippen molar-refractivity contribution in [3.8, 4) is 23.3 Å². The maximum atomic E-state index is 5.68. The fourth-order valence-corrected chi connectivity index (χ4v) is 2.29. The summed E-state index contributed by atoms with van der Waals surface area (Å²) in [6.07, 6.45) is 0. The maximum absolute atomic E-state index is 5.68. The lowest BCUT2D eigenvalue weighted by Gasteiger charge is -2.15. The summed E-state index contributed by atoms with van der Waals surface area (Å²) in [5.74, 6) is 1.74. The molecule has 2 aromatic rings. The first-order valence-corrected chi connectivity index (χ1v) is 7.67. The van der Waals surface area contributed by atoms with E-state index in [1.807, 2.05) is 0 Å². The molecule has 0 atom stereocenters. The predicted molar refractivity (Wildman–Crippen MR) is 85.3 cm³/mol. The third-order valence-electron chi connectivity index (χ3n) is 3.43. The van der Waals surface area contributed by atoms with Crippen LogP contribution < -0.4 is 18.9 Å². The van der Waals surface area contributed by atoms with Crippen LogP contribution in [-0.4, -0.2) is 63.8 Å². The van der Waals surface area contributed by atoms with E-state index in [1.165, 1.54) is 0 Å². The Balaban J connectivity index is 2.02. The SMILES string of the molecule is COc1ccc(OC)c2nc3c(nc12)OCCOCCOCCO3. The monoisotopic (exact) mass is 336 g/mol. The van der Waals surface area contributed by atoms with Crippen molar-refractivity contribution in [2.24, 2.45) is 0 Å². The van der Waals surface area contributed by atoms with Crippen LogP contribution in [0.3, 0.4) is 0 Å². The molecule has 2 heterocycles. The molecular formula is C16H20N2O6. The second-order valence-electron chi connectivity index (χ2n) is 4.92. The van der Waals surface area contributed by atoms with Crippen LogP contribution >= 0.6 is 0 Å². The average molecular weight is 336 g/mol. The lowest BCUT2D eigenvalue weighted by molar-refractivity contribution is 0.0209. The summed E-state index contributed by atoms with van der Waals surface area (Å²) in [6.45, 7) is 2.57. The van der Waals surface area contributed by atoms with Gasteiger partial charge < -0.3 is 28.4 Å². The van der Waals surface area contributed by atoms with Crippen LogP contribution in [0.4, 0.5) is 0 Å². The Morgan fingerprint density at radius 2 is 1.12 bits per heavy atom. The molecule has 0 fully saturated rings. The van der Waals surface area contributed by atoms with Gasteiger partial charge in [0.05, 0.1) is 40.6 Å². The molecule has 0 amide bonds. The summed E-state index contributed by atoms with van der Waals surface area (Å²) in [5.41, 5.74) is 1.09. The fraction of sp³-hybridized carbons (Fsp3) is 0.500. The number of aromatic nitrogens is 2. The lowest BCUT2D eigenvalue weighted by Crippen LogP contribution is -2.17. The Labute approximate surface area is 139 Å². The second-order valence-corrected chi connectivity index (χ2v) is 4.92. The number of hydrogen-bond acceptors (Lipinski definition) is 8. The van der Waals surface area contributed by atoms with Gasteiger partial charge in [0, 0.05) is 0 Å². The summed E-state index contributed by atoms with van der Waals surface area (Å²) in [4.78, 5) is 9.02. The Morgan fingerprint density at radius 1 is 0.708 bits per heavy atom. The van der Waals surface area contributed by atoms with E-state index in [2.05, 4.69) is 9.97 Å². The molecule has 130 valence electrons. The van der Waals surface area contributed by atoms with E-state index in [1.54, 1.807) is 26.4 Å². The van der Waals surface area contributed by atoms with Crippen molar-refractivity contribution in [1.82, 2.24) is 9.97 Å². The molecule has 0 unspecified atom stereocenters. The van der Waals surface area contributed by atoms with E-state index in [0.29, 0.717) is 73.9 Å². The minimum atomic E-state index is 0.290. The van der Waals surface area contributed by atoms with E-state index in [4.69, 9.17) is 28.4 Å². The van der Waals surface area contributed by atoms with Crippen LogP contribution in [-0.2, 0) is 9.47 Å². The van der Waals surface area contributed by atoms with Crippen LogP contribution in [0.25, 0.3) is 11.0 Å². The lowest BCUT2D eigenvalue weighted by atomic mass is 10.2. The zero-order valence-corrected chi connectivity index (χ0v) is 13.7. The molecule has 1 aliphatic heterocycles. The van der Waals surface area contributed by atoms with Crippen LogP contribution in [0.5, 0.6) is 23.3 Å². The molecule has 0 bridgehead atoms. The van der Waals surface area contributed by atoms with Gasteiger partial charge in [-0.2, -0.15) is 0 Å². The topological polar surface area (TPSA) is 81.2 Å². The van der Waals surface area contributed by atoms with Crippen LogP contribution in [0, 0.1) is 0 Å². The van der Waals surface area contributed by atoms with E-state index < -0.39 is 0 Å². The number of nitrogens with zero attached hydrogens (tertiary/aromatic N) is 2. The Morgan fingerprint density at radius 3 is 1.54 bits per heavy atom. The third-order valence-corrected chi connectivity index (χ3v) is 3.43. The molecule has 0 aliphatic carbocycles. The highest BCUT2D eigenvalue weighted by atomic mass is 16.6. The van der Waals surface area contributed by atoms with Crippen molar-refractivity contribution in [3.63, 3.8) is 0 Å². The van der Waals surface area contributed by atoms with Crippen molar-refractivity contribution in [1.29, 1.82) is 0 Å². The van der Waals surface area contributed by atoms with Crippen molar-refractivity contribution in [3.05, 3.63) is 12.1 Å². The van der Waals surface area contributed by atoms with Crippen molar-refractivity contribution in [2.75, 3.05) is 53.9 Å². The largest absolute Gasteiger partial charge is 0.494 e. The van der Waals surface area contributed by atoms with Gasteiger partial charge in [-0.15, -0.1) is 0 Å². The first-order valence-electron chi connectivity index (χ1n) is 7.67. The number of methoxy groups -OCH3 is 2. The number of rotatable bonds is 2. The van der Waals surface area contributed by atoms with Gasteiger partial charge >= 0.3 is 0 Å². The first kappa shape index (κ1) is 16.5. The van der Waals surface area contributed by atoms with E-state index in [-0.39, 0.29) is 0 Å². The third kappa shape index (κ3) is 3.60. The zero-order valence-electron chi connectivity index (χ0n) is 13.7. The average Bonchev–Trinajstić information content (AvgIpc) is 2.60. The summed E-state index contributed by atoms with van der Waals surface area (Å²) in [7, 11) is 3.15. The molecule has 1 aliphatic rings. The van der Waals surface area contributed by atoms with Crippen LogP contribution in [0.2, 0.25) is 0 Å². The zero-order chi connectivity index (χ0) is 16.8. The van der Waals surface area contributed by atoms with E-state index in [9.17, 15) is 0 Å². The summed E-state index contributed by atoms with van der Waals surface area (Å²) in [6, 6.07) is 3.55. The minimum Gasteiger partial charge on any atom is -0.494 e. The van der Waals surface area contributed by atoms with Gasteiger partial charge in [-0.1, -0.05) is 0 Å². The van der Waals surface area contributed by atoms with Crippen molar-refractivity contribution >= 4 is 11.0 Å². The standard InChI is InChI=1S/C16H20N2O6/c1-19-11-3-4-12(20-2)14-13(11)17-15-16(18-14)24-10-8-22-6-5-21-7-9-23-15/h3-4H,5-10H2,1-2H3. The van der Waals surface area contributed by atoms with Gasteiger partial charge in [0.15, 0.2) is 0 Å². The molecule has 0 radical (unpaired) electrons. The van der Waals surface area contributed by atoms with E-state index in [0.717, 1.165) is 0 Å². The molecule has 8 nitrogen and oxygen atoms in total. The number of ether oxygens (including phenoxy) is 6. The van der Waals surface area contributed by atoms with Gasteiger partial charge in [0.2, 0.25) is 0 Å². The minimum absolute atomic E-state index is 0.290. The number of benzene rings is 1. The Bertz CT molecular complexity index is 635. The fourth-order valence-electron chi connectivity index (χ4n) is 2.29. The number of fused-ring (bicyclic) bond motifs is 2. The molecule has 1 aromatic heterocycles. The highest BCUT2D eigenvalue weighted by Gasteiger charge is 2.18. The second kappa shape index (κ2) is 7.98. The molecule has 0 saturated heterocycles. The van der Waals surface area contributed by atoms with Gasteiger partial charge in [0.25, 0.3) is 11.8 Å². The molecule has 0 spiro atoms. The summed E-state index contributed by atoms with van der Waals surface area (Å²) >= 11 is 0. The molecule has 0 N–H and O–H groups in total.